The van der Waals surface area contributed by atoms with Gasteiger partial charge >= 0.3 is 0 Å². The minimum atomic E-state index is -0.158. The van der Waals surface area contributed by atoms with Crippen LogP contribution in [0.25, 0.3) is 44.9 Å². The van der Waals surface area contributed by atoms with Gasteiger partial charge in [0.2, 0.25) is 0 Å². The monoisotopic (exact) mass is 480 g/mol. The summed E-state index contributed by atoms with van der Waals surface area (Å²) < 4.78 is 2.30. The maximum absolute atomic E-state index is 5.12. The molecule has 4 heteroatoms. The van der Waals surface area contributed by atoms with Crippen molar-refractivity contribution in [3.05, 3.63) is 127 Å². The van der Waals surface area contributed by atoms with Crippen molar-refractivity contribution in [3.8, 4) is 28.3 Å². The lowest BCUT2D eigenvalue weighted by atomic mass is 9.86. The Labute approximate surface area is 217 Å². The van der Waals surface area contributed by atoms with Crippen molar-refractivity contribution in [1.82, 2.24) is 19.5 Å². The molecule has 0 atom stereocenters. The molecule has 6 rings (SSSR count). The highest BCUT2D eigenvalue weighted by atomic mass is 15.1. The number of rotatable bonds is 5. The molecule has 0 fully saturated rings. The Morgan fingerprint density at radius 1 is 0.865 bits per heavy atom. The molecule has 0 aliphatic carbocycles. The highest BCUT2D eigenvalue weighted by molar-refractivity contribution is 5.86. The van der Waals surface area contributed by atoms with Crippen LogP contribution < -0.4 is 0 Å². The largest absolute Gasteiger partial charge is 0.295 e. The number of aromatic nitrogens is 4. The van der Waals surface area contributed by atoms with Crippen LogP contribution in [0.15, 0.2) is 110 Å². The Kier molecular flexibility index (Phi) is 5.45. The minimum absolute atomic E-state index is 0.158. The van der Waals surface area contributed by atoms with E-state index in [9.17, 15) is 0 Å². The Hall–Kier alpha value is -4.57. The second kappa shape index (κ2) is 8.82. The molecule has 0 spiro atoms. The summed E-state index contributed by atoms with van der Waals surface area (Å²) in [7, 11) is 0. The molecule has 5 aromatic rings. The van der Waals surface area contributed by atoms with E-state index in [1.807, 2.05) is 67.6 Å². The molecule has 0 N–H and O–H groups in total. The first kappa shape index (κ1) is 22.9. The standard InChI is InChI=1S/C33H28N4/c1-5-7-13-22(6-2)26-21-27(35-31(34-26)23-14-9-8-10-15-23)24-18-19-30-28(20-24)36-32-33(3,4)25-16-11-12-17-29(25)37(30)32/h5-21H,2H2,1,3-4H3/b7-5-,22-13+. The van der Waals surface area contributed by atoms with Crippen molar-refractivity contribution < 1.29 is 0 Å². The number of hydrogen-bond donors (Lipinski definition) is 0. The van der Waals surface area contributed by atoms with Crippen molar-refractivity contribution in [1.29, 1.82) is 0 Å². The Morgan fingerprint density at radius 3 is 2.43 bits per heavy atom. The van der Waals surface area contributed by atoms with Gasteiger partial charge in [0, 0.05) is 11.1 Å². The molecule has 0 amide bonds. The van der Waals surface area contributed by atoms with E-state index in [1.54, 1.807) is 0 Å². The molecule has 1 aliphatic rings. The maximum Gasteiger partial charge on any atom is 0.160 e. The molecule has 2 aromatic heterocycles. The zero-order valence-corrected chi connectivity index (χ0v) is 21.3. The van der Waals surface area contributed by atoms with Crippen LogP contribution in [0, 0.1) is 0 Å². The fraction of sp³-hybridized carbons (Fsp3) is 0.121. The molecule has 0 bridgehead atoms. The summed E-state index contributed by atoms with van der Waals surface area (Å²) in [4.78, 5) is 15.0. The highest BCUT2D eigenvalue weighted by Crippen LogP contribution is 2.44. The summed E-state index contributed by atoms with van der Waals surface area (Å²) in [6.07, 6.45) is 7.86. The number of hydrogen-bond acceptors (Lipinski definition) is 3. The van der Waals surface area contributed by atoms with E-state index in [0.717, 1.165) is 44.9 Å². The van der Waals surface area contributed by atoms with Gasteiger partial charge in [0.1, 0.15) is 5.82 Å². The molecular weight excluding hydrogens is 452 g/mol. The van der Waals surface area contributed by atoms with E-state index in [4.69, 9.17) is 15.0 Å². The van der Waals surface area contributed by atoms with Gasteiger partial charge in [-0.1, -0.05) is 85.5 Å². The number of benzene rings is 3. The van der Waals surface area contributed by atoms with E-state index in [-0.39, 0.29) is 5.41 Å². The van der Waals surface area contributed by atoms with E-state index >= 15 is 0 Å². The highest BCUT2D eigenvalue weighted by Gasteiger charge is 2.38. The predicted octanol–water partition coefficient (Wildman–Crippen LogP) is 7.93. The fourth-order valence-electron chi connectivity index (χ4n) is 5.14. The molecule has 180 valence electrons. The minimum Gasteiger partial charge on any atom is -0.295 e. The van der Waals surface area contributed by atoms with Crippen LogP contribution in [0.3, 0.4) is 0 Å². The van der Waals surface area contributed by atoms with E-state index in [0.29, 0.717) is 5.82 Å². The SMILES string of the molecule is C=C/C(=C\C=C/C)c1cc(-c2ccc3c(c2)nc2n3-c3ccccc3C2(C)C)nc(-c2ccccc2)n1. The van der Waals surface area contributed by atoms with Gasteiger partial charge in [-0.2, -0.15) is 0 Å². The summed E-state index contributed by atoms with van der Waals surface area (Å²) >= 11 is 0. The second-order valence-electron chi connectivity index (χ2n) is 9.80. The molecular formula is C33H28N4. The van der Waals surface area contributed by atoms with Crippen LogP contribution >= 0.6 is 0 Å². The maximum atomic E-state index is 5.12. The average Bonchev–Trinajstić information content (AvgIpc) is 3.43. The number of fused-ring (bicyclic) bond motifs is 5. The van der Waals surface area contributed by atoms with Gasteiger partial charge in [-0.05, 0) is 56.2 Å². The molecule has 1 aliphatic heterocycles. The normalized spacial score (nSPS) is 14.2. The molecule has 4 nitrogen and oxygen atoms in total. The van der Waals surface area contributed by atoms with Crippen molar-refractivity contribution >= 4 is 16.6 Å². The quantitative estimate of drug-likeness (QED) is 0.240. The Balaban J connectivity index is 1.53. The third-order valence-electron chi connectivity index (χ3n) is 7.07. The van der Waals surface area contributed by atoms with Gasteiger partial charge in [0.25, 0.3) is 0 Å². The molecule has 0 unspecified atom stereocenters. The second-order valence-corrected chi connectivity index (χ2v) is 9.80. The van der Waals surface area contributed by atoms with Gasteiger partial charge in [-0.3, -0.25) is 4.57 Å². The Bertz CT molecular complexity index is 1720. The molecule has 37 heavy (non-hydrogen) atoms. The van der Waals surface area contributed by atoms with Crippen LogP contribution in [0.2, 0.25) is 0 Å². The van der Waals surface area contributed by atoms with E-state index in [1.165, 1.54) is 11.3 Å². The first-order valence-electron chi connectivity index (χ1n) is 12.5. The van der Waals surface area contributed by atoms with Gasteiger partial charge in [-0.25, -0.2) is 15.0 Å². The van der Waals surface area contributed by atoms with Crippen LogP contribution in [-0.2, 0) is 5.41 Å². The smallest absolute Gasteiger partial charge is 0.160 e. The van der Waals surface area contributed by atoms with E-state index < -0.39 is 0 Å². The lowest BCUT2D eigenvalue weighted by molar-refractivity contribution is 0.621. The summed E-state index contributed by atoms with van der Waals surface area (Å²) in [6.45, 7) is 10.5. The zero-order valence-electron chi connectivity index (χ0n) is 21.3. The number of imidazole rings is 1. The van der Waals surface area contributed by atoms with Crippen LogP contribution in [0.4, 0.5) is 0 Å². The van der Waals surface area contributed by atoms with Crippen LogP contribution in [0.1, 0.15) is 37.9 Å². The molecule has 0 radical (unpaired) electrons. The fourth-order valence-corrected chi connectivity index (χ4v) is 5.14. The lowest BCUT2D eigenvalue weighted by Crippen LogP contribution is -2.16. The van der Waals surface area contributed by atoms with Gasteiger partial charge < -0.3 is 0 Å². The third kappa shape index (κ3) is 3.73. The van der Waals surface area contributed by atoms with Crippen LogP contribution in [-0.4, -0.2) is 19.5 Å². The molecule has 0 saturated carbocycles. The number of para-hydroxylation sites is 1. The first-order chi connectivity index (χ1) is 18.0. The van der Waals surface area contributed by atoms with Crippen molar-refractivity contribution in [2.45, 2.75) is 26.2 Å². The Morgan fingerprint density at radius 2 is 1.65 bits per heavy atom. The topological polar surface area (TPSA) is 43.6 Å². The van der Waals surface area contributed by atoms with Crippen molar-refractivity contribution in [2.24, 2.45) is 0 Å². The summed E-state index contributed by atoms with van der Waals surface area (Å²) in [6, 6.07) is 27.1. The third-order valence-corrected chi connectivity index (χ3v) is 7.07. The molecule has 0 saturated heterocycles. The van der Waals surface area contributed by atoms with E-state index in [2.05, 4.69) is 67.5 Å². The zero-order chi connectivity index (χ0) is 25.6. The van der Waals surface area contributed by atoms with Gasteiger partial charge in [-0.15, -0.1) is 0 Å². The molecule has 3 aromatic carbocycles. The lowest BCUT2D eigenvalue weighted by Gasteiger charge is -2.17. The van der Waals surface area contributed by atoms with Gasteiger partial charge in [0.15, 0.2) is 5.82 Å². The van der Waals surface area contributed by atoms with Crippen molar-refractivity contribution in [3.63, 3.8) is 0 Å². The number of nitrogens with zero attached hydrogens (tertiary/aromatic N) is 4. The first-order valence-corrected chi connectivity index (χ1v) is 12.5. The average molecular weight is 481 g/mol. The summed E-state index contributed by atoms with van der Waals surface area (Å²) in [5.41, 5.74) is 9.03. The van der Waals surface area contributed by atoms with Gasteiger partial charge in [0.05, 0.1) is 33.5 Å². The summed E-state index contributed by atoms with van der Waals surface area (Å²) in [5.74, 6) is 1.75. The van der Waals surface area contributed by atoms with Crippen molar-refractivity contribution in [2.75, 3.05) is 0 Å². The molecule has 3 heterocycles. The van der Waals surface area contributed by atoms with Crippen LogP contribution in [0.5, 0.6) is 0 Å². The predicted molar refractivity (Wildman–Crippen MR) is 153 cm³/mol. The summed E-state index contributed by atoms with van der Waals surface area (Å²) in [5, 5.41) is 0. The number of allylic oxidation sites excluding steroid dienone is 5.